The first-order valence-electron chi connectivity index (χ1n) is 10.7. The van der Waals surface area contributed by atoms with Crippen molar-refractivity contribution in [3.05, 3.63) is 81.0 Å². The van der Waals surface area contributed by atoms with Gasteiger partial charge in [0.25, 0.3) is 11.6 Å². The largest absolute Gasteiger partial charge is 0.452 e. The van der Waals surface area contributed by atoms with Crippen molar-refractivity contribution in [3.63, 3.8) is 0 Å². The topological polar surface area (TPSA) is 111 Å². The first-order valence-corrected chi connectivity index (χ1v) is 10.7. The Morgan fingerprint density at radius 1 is 1.18 bits per heavy atom. The van der Waals surface area contributed by atoms with Gasteiger partial charge >= 0.3 is 5.97 Å². The lowest BCUT2D eigenvalue weighted by Gasteiger charge is -2.22. The predicted molar refractivity (Wildman–Crippen MR) is 128 cm³/mol. The van der Waals surface area contributed by atoms with Gasteiger partial charge in [0, 0.05) is 17.5 Å². The number of esters is 1. The average molecular weight is 455 g/mol. The third kappa shape index (κ3) is 4.79. The highest BCUT2D eigenvalue weighted by molar-refractivity contribution is 6.07. The van der Waals surface area contributed by atoms with Crippen molar-refractivity contribution in [3.8, 4) is 12.3 Å². The molecule has 0 spiro atoms. The summed E-state index contributed by atoms with van der Waals surface area (Å²) in [6, 6.07) is 13.6. The van der Waals surface area contributed by atoms with E-state index >= 15 is 0 Å². The number of ether oxygens (including phenoxy) is 1. The fraction of sp³-hybridized carbons (Fsp3) is 0.192. The monoisotopic (exact) mass is 455 g/mol. The Labute approximate surface area is 195 Å². The number of nitrogens with zero attached hydrogens (tertiary/aromatic N) is 2. The number of non-ortho nitro benzene ring substituents is 1. The minimum Gasteiger partial charge on any atom is -0.452 e. The third-order valence-corrected chi connectivity index (χ3v) is 5.54. The Bertz CT molecular complexity index is 1350. The zero-order valence-corrected chi connectivity index (χ0v) is 18.2. The molecule has 0 saturated heterocycles. The number of hydrogen-bond acceptors (Lipinski definition) is 6. The summed E-state index contributed by atoms with van der Waals surface area (Å²) in [6.07, 6.45) is 9.26. The molecule has 34 heavy (non-hydrogen) atoms. The summed E-state index contributed by atoms with van der Waals surface area (Å²) in [5, 5.41) is 14.1. The van der Waals surface area contributed by atoms with Crippen LogP contribution < -0.4 is 5.32 Å². The zero-order valence-electron chi connectivity index (χ0n) is 18.2. The highest BCUT2D eigenvalue weighted by atomic mass is 16.6. The number of carbonyl (C=O) groups excluding carboxylic acids is 2. The number of aromatic nitrogens is 1. The molecule has 1 amide bonds. The number of amides is 1. The van der Waals surface area contributed by atoms with E-state index in [2.05, 4.69) is 11.2 Å². The SMILES string of the molecule is C#CCNC(=O)COC(=O)c1c2c(nc3ccccc13)/C(=C/c1ccc([N+](=O)[O-])cc1)CCC2. The lowest BCUT2D eigenvalue weighted by atomic mass is 9.86. The smallest absolute Gasteiger partial charge is 0.339 e. The Hall–Kier alpha value is -4.51. The van der Waals surface area contributed by atoms with E-state index in [9.17, 15) is 19.7 Å². The molecule has 8 nitrogen and oxygen atoms in total. The number of allylic oxidation sites excluding steroid dienone is 1. The molecule has 0 fully saturated rings. The first kappa shape index (κ1) is 22.7. The van der Waals surface area contributed by atoms with E-state index in [1.807, 2.05) is 30.3 Å². The molecule has 0 aliphatic heterocycles. The Balaban J connectivity index is 1.73. The molecule has 1 N–H and O–H groups in total. The Morgan fingerprint density at radius 3 is 2.68 bits per heavy atom. The van der Waals surface area contributed by atoms with Crippen LogP contribution >= 0.6 is 0 Å². The summed E-state index contributed by atoms with van der Waals surface area (Å²) in [6.45, 7) is -0.377. The lowest BCUT2D eigenvalue weighted by molar-refractivity contribution is -0.384. The number of rotatable bonds is 6. The molecule has 2 aromatic carbocycles. The zero-order chi connectivity index (χ0) is 24.1. The van der Waals surface area contributed by atoms with E-state index < -0.39 is 23.4 Å². The van der Waals surface area contributed by atoms with Crippen LogP contribution in [0, 0.1) is 22.5 Å². The van der Waals surface area contributed by atoms with Gasteiger partial charge in [0.05, 0.1) is 28.2 Å². The molecule has 0 unspecified atom stereocenters. The normalized spacial score (nSPS) is 13.7. The fourth-order valence-corrected chi connectivity index (χ4v) is 4.01. The number of terminal acetylenes is 1. The van der Waals surface area contributed by atoms with Gasteiger partial charge in [-0.2, -0.15) is 0 Å². The fourth-order valence-electron chi connectivity index (χ4n) is 4.01. The second-order valence-electron chi connectivity index (χ2n) is 7.76. The molecule has 0 atom stereocenters. The van der Waals surface area contributed by atoms with Crippen molar-refractivity contribution in [2.75, 3.05) is 13.2 Å². The third-order valence-electron chi connectivity index (χ3n) is 5.54. The number of nitro benzene ring substituents is 1. The Kier molecular flexibility index (Phi) is 6.64. The van der Waals surface area contributed by atoms with Crippen LogP contribution in [0.5, 0.6) is 0 Å². The molecule has 1 aliphatic rings. The second-order valence-corrected chi connectivity index (χ2v) is 7.76. The van der Waals surface area contributed by atoms with E-state index in [1.165, 1.54) is 12.1 Å². The molecular weight excluding hydrogens is 434 g/mol. The van der Waals surface area contributed by atoms with Crippen molar-refractivity contribution in [1.29, 1.82) is 0 Å². The molecule has 170 valence electrons. The molecule has 3 aromatic rings. The number of fused-ring (bicyclic) bond motifs is 2. The van der Waals surface area contributed by atoms with E-state index in [1.54, 1.807) is 12.1 Å². The van der Waals surface area contributed by atoms with Gasteiger partial charge in [-0.15, -0.1) is 6.42 Å². The number of carbonyl (C=O) groups is 2. The molecule has 1 heterocycles. The van der Waals surface area contributed by atoms with E-state index in [0.717, 1.165) is 29.5 Å². The van der Waals surface area contributed by atoms with E-state index in [0.29, 0.717) is 28.6 Å². The molecule has 1 aliphatic carbocycles. The number of hydrogen-bond donors (Lipinski definition) is 1. The van der Waals surface area contributed by atoms with Gasteiger partial charge in [0.15, 0.2) is 6.61 Å². The summed E-state index contributed by atoms with van der Waals surface area (Å²) in [5.41, 5.74) is 4.27. The summed E-state index contributed by atoms with van der Waals surface area (Å²) in [5.74, 6) is 1.23. The minimum atomic E-state index is -0.595. The van der Waals surface area contributed by atoms with Crippen molar-refractivity contribution < 1.29 is 19.2 Å². The van der Waals surface area contributed by atoms with E-state index in [4.69, 9.17) is 16.1 Å². The maximum Gasteiger partial charge on any atom is 0.339 e. The Morgan fingerprint density at radius 2 is 1.94 bits per heavy atom. The summed E-state index contributed by atoms with van der Waals surface area (Å²) in [4.78, 5) is 40.3. The maximum absolute atomic E-state index is 13.1. The van der Waals surface area contributed by atoms with Crippen molar-refractivity contribution >= 4 is 40.1 Å². The van der Waals surface area contributed by atoms with Crippen LogP contribution in [-0.2, 0) is 16.0 Å². The van der Waals surface area contributed by atoms with Gasteiger partial charge in [0.1, 0.15) is 0 Å². The quantitative estimate of drug-likeness (QED) is 0.261. The average Bonchev–Trinajstić information content (AvgIpc) is 2.85. The number of pyridine rings is 1. The first-order chi connectivity index (χ1) is 16.5. The highest BCUT2D eigenvalue weighted by Gasteiger charge is 2.26. The molecule has 1 aromatic heterocycles. The molecule has 4 rings (SSSR count). The van der Waals surface area contributed by atoms with Crippen molar-refractivity contribution in [2.45, 2.75) is 19.3 Å². The van der Waals surface area contributed by atoms with Gasteiger partial charge in [-0.05, 0) is 60.2 Å². The van der Waals surface area contributed by atoms with Crippen LogP contribution in [0.25, 0.3) is 22.6 Å². The van der Waals surface area contributed by atoms with Gasteiger partial charge in [-0.25, -0.2) is 9.78 Å². The molecule has 0 saturated carbocycles. The van der Waals surface area contributed by atoms with Gasteiger partial charge < -0.3 is 10.1 Å². The number of benzene rings is 2. The minimum absolute atomic E-state index is 0.0200. The van der Waals surface area contributed by atoms with Crippen LogP contribution in [0.2, 0.25) is 0 Å². The lowest BCUT2D eigenvalue weighted by Crippen LogP contribution is -2.29. The van der Waals surface area contributed by atoms with Crippen LogP contribution in [0.4, 0.5) is 5.69 Å². The van der Waals surface area contributed by atoms with Crippen molar-refractivity contribution in [1.82, 2.24) is 10.3 Å². The highest BCUT2D eigenvalue weighted by Crippen LogP contribution is 2.36. The number of para-hydroxylation sites is 1. The van der Waals surface area contributed by atoms with Gasteiger partial charge in [-0.3, -0.25) is 14.9 Å². The molecule has 0 bridgehead atoms. The maximum atomic E-state index is 13.1. The second kappa shape index (κ2) is 9.96. The number of nitro groups is 1. The van der Waals surface area contributed by atoms with Crippen LogP contribution in [0.1, 0.15) is 40.0 Å². The molecule has 8 heteroatoms. The van der Waals surface area contributed by atoms with Crippen LogP contribution in [0.15, 0.2) is 48.5 Å². The number of nitrogens with one attached hydrogen (secondary N) is 1. The van der Waals surface area contributed by atoms with Gasteiger partial charge in [0.2, 0.25) is 0 Å². The van der Waals surface area contributed by atoms with Crippen LogP contribution in [0.3, 0.4) is 0 Å². The standard InChI is InChI=1S/C26H21N3O5/c1-2-14-27-23(30)16-34-26(31)24-20-7-3-4-9-22(20)28-25-18(6-5-8-21(24)25)15-17-10-12-19(13-11-17)29(32)33/h1,3-4,7,9-13,15H,5-6,8,14,16H2,(H,27,30)/b18-15+. The molecular formula is C26H21N3O5. The predicted octanol–water partition coefficient (Wildman–Crippen LogP) is 3.93. The summed E-state index contributed by atoms with van der Waals surface area (Å²) in [7, 11) is 0. The summed E-state index contributed by atoms with van der Waals surface area (Å²) < 4.78 is 5.32. The molecule has 0 radical (unpaired) electrons. The van der Waals surface area contributed by atoms with Crippen molar-refractivity contribution in [2.24, 2.45) is 0 Å². The van der Waals surface area contributed by atoms with Crippen LogP contribution in [-0.4, -0.2) is 34.9 Å². The van der Waals surface area contributed by atoms with Gasteiger partial charge in [-0.1, -0.05) is 24.1 Å². The summed E-state index contributed by atoms with van der Waals surface area (Å²) >= 11 is 0. The van der Waals surface area contributed by atoms with E-state index in [-0.39, 0.29) is 12.2 Å².